The van der Waals surface area contributed by atoms with Crippen molar-refractivity contribution in [2.45, 2.75) is 45.4 Å². The van der Waals surface area contributed by atoms with Crippen LogP contribution in [0, 0.1) is 17.7 Å². The van der Waals surface area contributed by atoms with Gasteiger partial charge in [0, 0.05) is 0 Å². The quantitative estimate of drug-likeness (QED) is 0.833. The van der Waals surface area contributed by atoms with Crippen molar-refractivity contribution in [3.8, 4) is 0 Å². The Balaban J connectivity index is 2.14. The van der Waals surface area contributed by atoms with E-state index in [4.69, 9.17) is 0 Å². The van der Waals surface area contributed by atoms with Gasteiger partial charge in [0.15, 0.2) is 0 Å². The summed E-state index contributed by atoms with van der Waals surface area (Å²) in [5.74, 6) is 1.89. The summed E-state index contributed by atoms with van der Waals surface area (Å²) in [6.07, 6.45) is 5.07. The summed E-state index contributed by atoms with van der Waals surface area (Å²) in [6.45, 7) is 6.50. The number of benzene rings is 1. The maximum atomic E-state index is 13.5. The monoisotopic (exact) mass is 263 g/mol. The minimum absolute atomic E-state index is 0.0988. The Hall–Kier alpha value is -0.890. The lowest BCUT2D eigenvalue weighted by molar-refractivity contribution is 0.226. The first-order valence-electron chi connectivity index (χ1n) is 7.70. The molecule has 1 aromatic carbocycles. The second kappa shape index (κ2) is 7.04. The molecule has 2 rings (SSSR count). The van der Waals surface area contributed by atoms with E-state index in [9.17, 15) is 4.39 Å². The minimum atomic E-state index is -0.0988. The van der Waals surface area contributed by atoms with E-state index in [1.165, 1.54) is 31.2 Å². The Morgan fingerprint density at radius 2 is 2.11 bits per heavy atom. The van der Waals surface area contributed by atoms with Crippen molar-refractivity contribution in [1.29, 1.82) is 0 Å². The van der Waals surface area contributed by atoms with Crippen molar-refractivity contribution in [3.63, 3.8) is 0 Å². The highest BCUT2D eigenvalue weighted by atomic mass is 19.1. The van der Waals surface area contributed by atoms with Gasteiger partial charge in [0.05, 0.1) is 0 Å². The maximum absolute atomic E-state index is 13.5. The molecule has 1 saturated carbocycles. The second-order valence-electron chi connectivity index (χ2n) is 5.82. The molecule has 0 saturated heterocycles. The number of rotatable bonds is 5. The molecule has 0 aromatic heterocycles. The van der Waals surface area contributed by atoms with Crippen LogP contribution in [0.3, 0.4) is 0 Å². The van der Waals surface area contributed by atoms with Crippen LogP contribution >= 0.6 is 0 Å². The topological polar surface area (TPSA) is 12.0 Å². The Labute approximate surface area is 116 Å². The summed E-state index contributed by atoms with van der Waals surface area (Å²) in [5, 5.41) is 3.47. The SMILES string of the molecule is CCNCC1CCC(CC)CC1c1cccc(F)c1. The highest BCUT2D eigenvalue weighted by molar-refractivity contribution is 5.22. The molecule has 0 heterocycles. The number of hydrogen-bond donors (Lipinski definition) is 1. The molecule has 0 amide bonds. The Bertz CT molecular complexity index is 391. The average molecular weight is 263 g/mol. The van der Waals surface area contributed by atoms with E-state index in [1.807, 2.05) is 6.07 Å². The molecular formula is C17H26FN. The van der Waals surface area contributed by atoms with Gasteiger partial charge < -0.3 is 5.32 Å². The molecule has 3 atom stereocenters. The lowest BCUT2D eigenvalue weighted by Crippen LogP contribution is -2.32. The molecule has 0 spiro atoms. The summed E-state index contributed by atoms with van der Waals surface area (Å²) in [6, 6.07) is 7.24. The van der Waals surface area contributed by atoms with E-state index < -0.39 is 0 Å². The molecule has 3 unspecified atom stereocenters. The molecule has 19 heavy (non-hydrogen) atoms. The third-order valence-electron chi connectivity index (χ3n) is 4.61. The van der Waals surface area contributed by atoms with Gasteiger partial charge in [-0.15, -0.1) is 0 Å². The van der Waals surface area contributed by atoms with E-state index in [0.717, 1.165) is 19.0 Å². The van der Waals surface area contributed by atoms with E-state index in [-0.39, 0.29) is 5.82 Å². The van der Waals surface area contributed by atoms with Gasteiger partial charge in [-0.2, -0.15) is 0 Å². The zero-order valence-electron chi connectivity index (χ0n) is 12.2. The van der Waals surface area contributed by atoms with Crippen molar-refractivity contribution >= 4 is 0 Å². The van der Waals surface area contributed by atoms with Crippen molar-refractivity contribution in [3.05, 3.63) is 35.6 Å². The van der Waals surface area contributed by atoms with Crippen LogP contribution in [0.5, 0.6) is 0 Å². The van der Waals surface area contributed by atoms with Crippen LogP contribution in [-0.2, 0) is 0 Å². The van der Waals surface area contributed by atoms with Crippen LogP contribution in [0.1, 0.15) is 51.0 Å². The Morgan fingerprint density at radius 1 is 1.26 bits per heavy atom. The van der Waals surface area contributed by atoms with Crippen LogP contribution < -0.4 is 5.32 Å². The molecule has 0 bridgehead atoms. The lowest BCUT2D eigenvalue weighted by atomic mass is 9.70. The van der Waals surface area contributed by atoms with Crippen molar-refractivity contribution < 1.29 is 4.39 Å². The maximum Gasteiger partial charge on any atom is 0.123 e. The summed E-state index contributed by atoms with van der Waals surface area (Å²) in [7, 11) is 0. The largest absolute Gasteiger partial charge is 0.317 e. The molecule has 1 fully saturated rings. The third kappa shape index (κ3) is 3.79. The molecule has 0 aliphatic heterocycles. The highest BCUT2D eigenvalue weighted by Gasteiger charge is 2.30. The Kier molecular flexibility index (Phi) is 5.38. The molecular weight excluding hydrogens is 237 g/mol. The van der Waals surface area contributed by atoms with Crippen LogP contribution in [0.2, 0.25) is 0 Å². The molecule has 1 aromatic rings. The first-order valence-corrected chi connectivity index (χ1v) is 7.70. The standard InChI is InChI=1S/C17H26FN/c1-3-13-8-9-15(12-19-4-2)17(10-13)14-6-5-7-16(18)11-14/h5-7,11,13,15,17,19H,3-4,8-10,12H2,1-2H3. The van der Waals surface area contributed by atoms with Crippen LogP contribution in [0.15, 0.2) is 24.3 Å². The van der Waals surface area contributed by atoms with Gasteiger partial charge in [0.1, 0.15) is 5.82 Å². The lowest BCUT2D eigenvalue weighted by Gasteiger charge is -2.36. The molecule has 1 N–H and O–H groups in total. The number of halogens is 1. The summed E-state index contributed by atoms with van der Waals surface area (Å²) < 4.78 is 13.5. The normalized spacial score (nSPS) is 27.4. The molecule has 1 nitrogen and oxygen atoms in total. The van der Waals surface area contributed by atoms with E-state index in [0.29, 0.717) is 11.8 Å². The van der Waals surface area contributed by atoms with Crippen LogP contribution in [-0.4, -0.2) is 13.1 Å². The van der Waals surface area contributed by atoms with Crippen molar-refractivity contribution in [1.82, 2.24) is 5.32 Å². The fraction of sp³-hybridized carbons (Fsp3) is 0.647. The minimum Gasteiger partial charge on any atom is -0.317 e. The van der Waals surface area contributed by atoms with Gasteiger partial charge in [0.2, 0.25) is 0 Å². The molecule has 2 heteroatoms. The first kappa shape index (κ1) is 14.5. The van der Waals surface area contributed by atoms with Gasteiger partial charge in [-0.1, -0.05) is 38.8 Å². The van der Waals surface area contributed by atoms with Gasteiger partial charge in [-0.3, -0.25) is 0 Å². The van der Waals surface area contributed by atoms with Crippen LogP contribution in [0.25, 0.3) is 0 Å². The van der Waals surface area contributed by atoms with Crippen LogP contribution in [0.4, 0.5) is 4.39 Å². The third-order valence-corrected chi connectivity index (χ3v) is 4.61. The number of nitrogens with one attached hydrogen (secondary N) is 1. The molecule has 1 aliphatic rings. The predicted molar refractivity (Wildman–Crippen MR) is 78.8 cm³/mol. The zero-order chi connectivity index (χ0) is 13.7. The van der Waals surface area contributed by atoms with Gasteiger partial charge in [-0.25, -0.2) is 4.39 Å². The van der Waals surface area contributed by atoms with E-state index in [1.54, 1.807) is 12.1 Å². The molecule has 0 radical (unpaired) electrons. The predicted octanol–water partition coefficient (Wildman–Crippen LogP) is 4.35. The van der Waals surface area contributed by atoms with Crippen molar-refractivity contribution in [2.75, 3.05) is 13.1 Å². The van der Waals surface area contributed by atoms with Gasteiger partial charge >= 0.3 is 0 Å². The summed E-state index contributed by atoms with van der Waals surface area (Å²) >= 11 is 0. The average Bonchev–Trinajstić information content (AvgIpc) is 2.45. The summed E-state index contributed by atoms with van der Waals surface area (Å²) in [4.78, 5) is 0. The highest BCUT2D eigenvalue weighted by Crippen LogP contribution is 2.41. The summed E-state index contributed by atoms with van der Waals surface area (Å²) in [5.41, 5.74) is 1.20. The Morgan fingerprint density at radius 3 is 2.79 bits per heavy atom. The smallest absolute Gasteiger partial charge is 0.123 e. The number of hydrogen-bond acceptors (Lipinski definition) is 1. The molecule has 1 aliphatic carbocycles. The van der Waals surface area contributed by atoms with E-state index in [2.05, 4.69) is 25.2 Å². The fourth-order valence-corrected chi connectivity index (χ4v) is 3.41. The van der Waals surface area contributed by atoms with Gasteiger partial charge in [0.25, 0.3) is 0 Å². The second-order valence-corrected chi connectivity index (χ2v) is 5.82. The van der Waals surface area contributed by atoms with Crippen molar-refractivity contribution in [2.24, 2.45) is 11.8 Å². The van der Waals surface area contributed by atoms with Gasteiger partial charge in [-0.05, 0) is 61.4 Å². The van der Waals surface area contributed by atoms with E-state index >= 15 is 0 Å². The zero-order valence-corrected chi connectivity index (χ0v) is 12.2. The first-order chi connectivity index (χ1) is 9.24. The fourth-order valence-electron chi connectivity index (χ4n) is 3.41. The molecule has 106 valence electrons.